The zero-order valence-corrected chi connectivity index (χ0v) is 7.52. The number of rotatable bonds is 0. The summed E-state index contributed by atoms with van der Waals surface area (Å²) in [6.07, 6.45) is 5.62. The van der Waals surface area contributed by atoms with Crippen LogP contribution in [0.5, 0.6) is 0 Å². The van der Waals surface area contributed by atoms with E-state index in [2.05, 4.69) is 25.6 Å². The molecule has 0 fully saturated rings. The van der Waals surface area contributed by atoms with Gasteiger partial charge in [-0.15, -0.1) is 12.3 Å². The number of terminal acetylenes is 1. The van der Waals surface area contributed by atoms with Gasteiger partial charge in [0.2, 0.25) is 0 Å². The smallest absolute Gasteiger partial charge is 0.0274 e. The molecule has 0 aromatic heterocycles. The van der Waals surface area contributed by atoms with Crippen molar-refractivity contribution in [2.45, 2.75) is 33.0 Å². The summed E-state index contributed by atoms with van der Waals surface area (Å²) in [5.74, 6) is 2.43. The van der Waals surface area contributed by atoms with E-state index in [0.717, 1.165) is 6.42 Å². The normalized spacial score (nSPS) is 7.00. The average Bonchev–Trinajstić information content (AvgIpc) is 1.65. The van der Waals surface area contributed by atoms with E-state index in [4.69, 9.17) is 6.42 Å². The summed E-state index contributed by atoms with van der Waals surface area (Å²) in [7, 11) is -0.139. The van der Waals surface area contributed by atoms with Gasteiger partial charge in [-0.25, -0.2) is 0 Å². The third kappa shape index (κ3) is 218. The quantitative estimate of drug-likeness (QED) is 0.346. The molecule has 0 aromatic carbocycles. The van der Waals surface area contributed by atoms with Gasteiger partial charge in [0.15, 0.2) is 0 Å². The standard InChI is InChI=1S/C4H6.C3H10Si/c1-3-4-2;1-4(2)3/h1H,4H2,2H3;4H,1-3H3. The van der Waals surface area contributed by atoms with E-state index in [-0.39, 0.29) is 8.80 Å². The third-order valence-corrected chi connectivity index (χ3v) is 0.204. The summed E-state index contributed by atoms with van der Waals surface area (Å²) in [5.41, 5.74) is 0. The van der Waals surface area contributed by atoms with Gasteiger partial charge >= 0.3 is 0 Å². The molecule has 48 valence electrons. The highest BCUT2D eigenvalue weighted by Crippen LogP contribution is 1.68. The SMILES string of the molecule is C#CCC.C[SiH](C)C. The molecule has 1 heteroatoms. The molecule has 0 nitrogen and oxygen atoms in total. The van der Waals surface area contributed by atoms with Crippen molar-refractivity contribution in [1.29, 1.82) is 0 Å². The van der Waals surface area contributed by atoms with Crippen LogP contribution in [0.1, 0.15) is 13.3 Å². The van der Waals surface area contributed by atoms with Crippen molar-refractivity contribution in [3.05, 3.63) is 0 Å². The van der Waals surface area contributed by atoms with Gasteiger partial charge in [0, 0.05) is 15.2 Å². The molecule has 0 atom stereocenters. The van der Waals surface area contributed by atoms with Gasteiger partial charge in [0.1, 0.15) is 0 Å². The van der Waals surface area contributed by atoms with Crippen LogP contribution >= 0.6 is 0 Å². The van der Waals surface area contributed by atoms with Crippen LogP contribution in [0.3, 0.4) is 0 Å². The molecule has 0 bridgehead atoms. The lowest BCUT2D eigenvalue weighted by atomic mass is 10.5. The highest BCUT2D eigenvalue weighted by Gasteiger charge is 1.71. The Morgan fingerprint density at radius 1 is 1.38 bits per heavy atom. The minimum Gasteiger partial charge on any atom is -0.120 e. The molecule has 0 rings (SSSR count). The molecule has 0 aromatic rings. The van der Waals surface area contributed by atoms with E-state index < -0.39 is 0 Å². The zero-order valence-electron chi connectivity index (χ0n) is 6.36. The minimum absolute atomic E-state index is 0.139. The second kappa shape index (κ2) is 9.91. The first-order valence-electron chi connectivity index (χ1n) is 3.08. The maximum absolute atomic E-state index is 4.78. The van der Waals surface area contributed by atoms with E-state index in [0.29, 0.717) is 0 Å². The molecule has 0 heterocycles. The Balaban J connectivity index is 0. The van der Waals surface area contributed by atoms with Crippen LogP contribution in [-0.4, -0.2) is 8.80 Å². The van der Waals surface area contributed by atoms with E-state index in [1.165, 1.54) is 0 Å². The van der Waals surface area contributed by atoms with Crippen LogP contribution in [-0.2, 0) is 0 Å². The summed E-state index contributed by atoms with van der Waals surface area (Å²) >= 11 is 0. The lowest BCUT2D eigenvalue weighted by Crippen LogP contribution is -1.84. The van der Waals surface area contributed by atoms with Crippen LogP contribution < -0.4 is 0 Å². The highest BCUT2D eigenvalue weighted by atomic mass is 28.3. The highest BCUT2D eigenvalue weighted by molar-refractivity contribution is 6.54. The van der Waals surface area contributed by atoms with Gasteiger partial charge < -0.3 is 0 Å². The second-order valence-electron chi connectivity index (χ2n) is 2.29. The molecule has 0 aliphatic rings. The van der Waals surface area contributed by atoms with Crippen LogP contribution in [0.4, 0.5) is 0 Å². The number of hydrogen-bond acceptors (Lipinski definition) is 0. The Labute approximate surface area is 54.9 Å². The summed E-state index contributed by atoms with van der Waals surface area (Å²) in [4.78, 5) is 0. The summed E-state index contributed by atoms with van der Waals surface area (Å²) in [6.45, 7) is 8.86. The maximum atomic E-state index is 4.78. The van der Waals surface area contributed by atoms with Crippen LogP contribution in [0.25, 0.3) is 0 Å². The van der Waals surface area contributed by atoms with E-state index in [1.807, 2.05) is 6.92 Å². The largest absolute Gasteiger partial charge is 0.120 e. The van der Waals surface area contributed by atoms with Gasteiger partial charge in [-0.3, -0.25) is 0 Å². The summed E-state index contributed by atoms with van der Waals surface area (Å²) in [5, 5.41) is 0. The molecule has 0 N–H and O–H groups in total. The zero-order chi connectivity index (χ0) is 6.99. The molecule has 0 saturated carbocycles. The third-order valence-electron chi connectivity index (χ3n) is 0.204. The average molecular weight is 128 g/mol. The van der Waals surface area contributed by atoms with Gasteiger partial charge in [-0.1, -0.05) is 26.6 Å². The van der Waals surface area contributed by atoms with Gasteiger partial charge in [-0.2, -0.15) is 0 Å². The topological polar surface area (TPSA) is 0 Å². The fraction of sp³-hybridized carbons (Fsp3) is 0.714. The predicted octanol–water partition coefficient (Wildman–Crippen LogP) is 2.13. The van der Waals surface area contributed by atoms with Crippen molar-refractivity contribution in [1.82, 2.24) is 0 Å². The van der Waals surface area contributed by atoms with Crippen molar-refractivity contribution in [3.8, 4) is 12.3 Å². The number of hydrogen-bond donors (Lipinski definition) is 0. The van der Waals surface area contributed by atoms with Crippen molar-refractivity contribution in [2.24, 2.45) is 0 Å². The monoisotopic (exact) mass is 128 g/mol. The van der Waals surface area contributed by atoms with Gasteiger partial charge in [-0.05, 0) is 0 Å². The predicted molar refractivity (Wildman–Crippen MR) is 43.9 cm³/mol. The molecule has 0 unspecified atom stereocenters. The van der Waals surface area contributed by atoms with Crippen LogP contribution in [0.2, 0.25) is 19.6 Å². The molecular weight excluding hydrogens is 112 g/mol. The molecule has 0 saturated heterocycles. The Kier molecular flexibility index (Phi) is 13.3. The molecule has 8 heavy (non-hydrogen) atoms. The van der Waals surface area contributed by atoms with E-state index in [1.54, 1.807) is 0 Å². The van der Waals surface area contributed by atoms with E-state index >= 15 is 0 Å². The Morgan fingerprint density at radius 3 is 1.50 bits per heavy atom. The first kappa shape index (κ1) is 10.7. The molecule has 0 aliphatic carbocycles. The first-order chi connectivity index (χ1) is 3.65. The van der Waals surface area contributed by atoms with Crippen LogP contribution in [0, 0.1) is 12.3 Å². The Hall–Kier alpha value is -0.223. The van der Waals surface area contributed by atoms with Crippen molar-refractivity contribution >= 4 is 8.80 Å². The van der Waals surface area contributed by atoms with Gasteiger partial charge in [0.25, 0.3) is 0 Å². The molecule has 0 amide bonds. The fourth-order valence-corrected chi connectivity index (χ4v) is 0. The summed E-state index contributed by atoms with van der Waals surface area (Å²) < 4.78 is 0. The van der Waals surface area contributed by atoms with Crippen molar-refractivity contribution in [2.75, 3.05) is 0 Å². The Bertz CT molecular complexity index is 56.5. The lowest BCUT2D eigenvalue weighted by Gasteiger charge is -1.75. The molecule has 0 spiro atoms. The fourth-order valence-electron chi connectivity index (χ4n) is 0. The van der Waals surface area contributed by atoms with Crippen molar-refractivity contribution in [3.63, 3.8) is 0 Å². The molecule has 0 aliphatic heterocycles. The van der Waals surface area contributed by atoms with Crippen LogP contribution in [0.15, 0.2) is 0 Å². The lowest BCUT2D eigenvalue weighted by molar-refractivity contribution is 1.28. The maximum Gasteiger partial charge on any atom is 0.0274 e. The minimum atomic E-state index is -0.139. The molecular formula is C7H16Si. The molecule has 0 radical (unpaired) electrons. The Morgan fingerprint density at radius 2 is 1.50 bits per heavy atom. The van der Waals surface area contributed by atoms with Gasteiger partial charge in [0.05, 0.1) is 0 Å². The second-order valence-corrected chi connectivity index (χ2v) is 5.75. The van der Waals surface area contributed by atoms with Crippen molar-refractivity contribution < 1.29 is 0 Å². The van der Waals surface area contributed by atoms with E-state index in [9.17, 15) is 0 Å². The summed E-state index contributed by atoms with van der Waals surface area (Å²) in [6, 6.07) is 0. The first-order valence-corrected chi connectivity index (χ1v) is 6.55.